The molecule has 0 amide bonds. The van der Waals surface area contributed by atoms with Crippen LogP contribution >= 0.6 is 0 Å². The van der Waals surface area contributed by atoms with Crippen molar-refractivity contribution in [3.63, 3.8) is 0 Å². The third kappa shape index (κ3) is 53.0. The fraction of sp³-hybridized carbons (Fsp3) is 0.702. The fourth-order valence-electron chi connectivity index (χ4n) is 13.5. The Hall–Kier alpha value is -3.56. The van der Waals surface area contributed by atoms with Gasteiger partial charge in [0.25, 0.3) is 0 Å². The predicted molar refractivity (Wildman–Crippen MR) is 437 cm³/mol. The Balaban J connectivity index is 0.0000470. The van der Waals surface area contributed by atoms with Gasteiger partial charge >= 0.3 is 20.4 Å². The molecule has 0 aliphatic rings. The molecule has 0 aliphatic carbocycles. The summed E-state index contributed by atoms with van der Waals surface area (Å²) in [7, 11) is 0. The second kappa shape index (κ2) is 72.2. The molecular weight excluding hydrogens is 1260 g/mol. The molecular formula is C94H156N2Pd+2. The van der Waals surface area contributed by atoms with E-state index in [9.17, 15) is 0 Å². The minimum atomic E-state index is 0. The Bertz CT molecular complexity index is 2390. The van der Waals surface area contributed by atoms with Gasteiger partial charge in [-0.2, -0.15) is 0 Å². The molecule has 550 valence electrons. The zero-order valence-corrected chi connectivity index (χ0v) is 66.8. The smallest absolute Gasteiger partial charge is 0.254 e. The van der Waals surface area contributed by atoms with E-state index in [1.54, 1.807) is 22.3 Å². The first-order chi connectivity index (χ1) is 47.6. The minimum absolute atomic E-state index is 0. The molecule has 2 aromatic carbocycles. The van der Waals surface area contributed by atoms with Gasteiger partial charge in [-0.05, 0) is 250 Å². The molecule has 2 aromatic rings. The van der Waals surface area contributed by atoms with Crippen molar-refractivity contribution in [2.24, 2.45) is 9.98 Å². The molecule has 3 heteroatoms. The third-order valence-electron chi connectivity index (χ3n) is 19.6. The molecule has 2 rings (SSSR count). The van der Waals surface area contributed by atoms with E-state index < -0.39 is 0 Å². The standard InChI is InChI=1S/C94H156N2.Pd/c1-8-15-22-29-36-43-44-45-46-47-48-49-50-51-52-55-62-69-76-88(96-94-84-82-87(75-68-61-54-38-31-24-17-10-3)90(78-71-64-57-40-33-26-19-12-5)92(94)80-73-66-59-42-35-28-21-14-7)85-95-93-83-81-86(74-67-60-53-37-30-23-16-9-2)89(77-70-63-56-39-32-25-18-11-4)91(93)79-72-65-58-41-34-27-20-13-6;/h37-42,53-54,56-59,81-85H,8-36,43-52,55,60-68,70-75,77-80H2,1-7H3;/q;+2/b53-37+,54-38+,56-39+,57-40+,58-41+,59-42+,95-85?,96-88?;. The Kier molecular flexibility index (Phi) is 68.1. The van der Waals surface area contributed by atoms with Crippen LogP contribution in [-0.4, -0.2) is 11.9 Å². The monoisotopic (exact) mass is 1420 g/mol. The van der Waals surface area contributed by atoms with Crippen LogP contribution in [0.1, 0.15) is 422 Å². The van der Waals surface area contributed by atoms with E-state index in [2.05, 4.69) is 164 Å². The molecule has 0 aliphatic heterocycles. The molecule has 0 atom stereocenters. The minimum Gasteiger partial charge on any atom is -0.254 e. The van der Waals surface area contributed by atoms with E-state index in [1.165, 1.54) is 287 Å². The summed E-state index contributed by atoms with van der Waals surface area (Å²) in [5.74, 6) is 7.48. The number of hydrogen-bond donors (Lipinski definition) is 0. The number of nitrogens with zero attached hydrogens (tertiary/aromatic N) is 2. The molecule has 0 heterocycles. The van der Waals surface area contributed by atoms with Gasteiger partial charge in [-0.15, -0.1) is 0 Å². The maximum atomic E-state index is 5.76. The van der Waals surface area contributed by atoms with Crippen molar-refractivity contribution in [1.82, 2.24) is 0 Å². The number of unbranched alkanes of at least 4 members (excludes halogenated alkanes) is 40. The molecule has 0 aromatic heterocycles. The maximum Gasteiger partial charge on any atom is 2.00 e. The van der Waals surface area contributed by atoms with Crippen LogP contribution in [0.25, 0.3) is 0 Å². The summed E-state index contributed by atoms with van der Waals surface area (Å²) in [5.41, 5.74) is 12.2. The van der Waals surface area contributed by atoms with E-state index in [1.807, 2.05) is 0 Å². The van der Waals surface area contributed by atoms with Gasteiger partial charge in [-0.25, -0.2) is 4.99 Å². The van der Waals surface area contributed by atoms with Gasteiger partial charge in [-0.1, -0.05) is 313 Å². The number of allylic oxidation sites excluding steroid dienone is 12. The SMILES string of the molecule is CCCCC/C=C/CCCc1ccc(N=CC(C#CCCCCCCCCCCCCCCCCCC)=Nc2ccc(CCC/C=C/CCCCC)c(CCC/C=C/CCCCC)c2CCC/C=C/CCCCC)c(CCC/C=C/CCCCC)c1CCC/C=C/CCCCC.[Pd+2]. The van der Waals surface area contributed by atoms with E-state index >= 15 is 0 Å². The normalized spacial score (nSPS) is 12.3. The summed E-state index contributed by atoms with van der Waals surface area (Å²) >= 11 is 0. The van der Waals surface area contributed by atoms with Crippen molar-refractivity contribution >= 4 is 23.3 Å². The van der Waals surface area contributed by atoms with Crippen LogP contribution in [0.5, 0.6) is 0 Å². The zero-order valence-electron chi connectivity index (χ0n) is 65.2. The summed E-state index contributed by atoms with van der Waals surface area (Å²) in [4.78, 5) is 11.4. The fourth-order valence-corrected chi connectivity index (χ4v) is 13.5. The van der Waals surface area contributed by atoms with Crippen molar-refractivity contribution in [3.05, 3.63) is 131 Å². The zero-order chi connectivity index (χ0) is 68.8. The molecule has 2 nitrogen and oxygen atoms in total. The van der Waals surface area contributed by atoms with Gasteiger partial charge in [0, 0.05) is 6.42 Å². The molecule has 0 saturated carbocycles. The number of aliphatic imine (C=N–C) groups is 2. The second-order valence-electron chi connectivity index (χ2n) is 28.7. The van der Waals surface area contributed by atoms with Crippen molar-refractivity contribution in [1.29, 1.82) is 0 Å². The maximum absolute atomic E-state index is 5.76. The Morgan fingerprint density at radius 2 is 0.515 bits per heavy atom. The average Bonchev–Trinajstić information content (AvgIpc) is 0.851. The number of rotatable bonds is 67. The van der Waals surface area contributed by atoms with Crippen molar-refractivity contribution in [3.8, 4) is 11.8 Å². The van der Waals surface area contributed by atoms with Crippen LogP contribution < -0.4 is 0 Å². The molecule has 0 bridgehead atoms. The van der Waals surface area contributed by atoms with Crippen LogP contribution in [0.2, 0.25) is 0 Å². The van der Waals surface area contributed by atoms with Crippen LogP contribution in [0.4, 0.5) is 11.4 Å². The summed E-state index contributed by atoms with van der Waals surface area (Å²) < 4.78 is 0. The van der Waals surface area contributed by atoms with E-state index in [0.29, 0.717) is 0 Å². The third-order valence-corrected chi connectivity index (χ3v) is 19.6. The summed E-state index contributed by atoms with van der Waals surface area (Å²) in [6.45, 7) is 16.2. The summed E-state index contributed by atoms with van der Waals surface area (Å²) in [6, 6.07) is 9.71. The Morgan fingerprint density at radius 3 is 0.835 bits per heavy atom. The predicted octanol–water partition coefficient (Wildman–Crippen LogP) is 31.6. The first-order valence-corrected chi connectivity index (χ1v) is 42.4. The van der Waals surface area contributed by atoms with Gasteiger partial charge in [0.05, 0.1) is 17.6 Å². The summed E-state index contributed by atoms with van der Waals surface area (Å²) in [5, 5.41) is 0. The van der Waals surface area contributed by atoms with Crippen LogP contribution in [0, 0.1) is 11.8 Å². The van der Waals surface area contributed by atoms with Gasteiger partial charge in [0.1, 0.15) is 5.71 Å². The first-order valence-electron chi connectivity index (χ1n) is 42.4. The average molecular weight is 1420 g/mol. The second-order valence-corrected chi connectivity index (χ2v) is 28.7. The molecule has 0 spiro atoms. The van der Waals surface area contributed by atoms with Crippen LogP contribution in [-0.2, 0) is 58.9 Å². The quantitative estimate of drug-likeness (QED) is 0.0207. The van der Waals surface area contributed by atoms with E-state index in [0.717, 1.165) is 120 Å². The van der Waals surface area contributed by atoms with Gasteiger partial charge in [0.2, 0.25) is 0 Å². The van der Waals surface area contributed by atoms with Crippen molar-refractivity contribution in [2.75, 3.05) is 0 Å². The molecule has 0 radical (unpaired) electrons. The molecule has 0 unspecified atom stereocenters. The number of aryl methyl sites for hydroxylation is 2. The van der Waals surface area contributed by atoms with Crippen LogP contribution in [0.3, 0.4) is 0 Å². The topological polar surface area (TPSA) is 24.7 Å². The van der Waals surface area contributed by atoms with Crippen LogP contribution in [0.15, 0.2) is 107 Å². The first kappa shape index (κ1) is 91.5. The van der Waals surface area contributed by atoms with Crippen molar-refractivity contribution in [2.45, 2.75) is 427 Å². The van der Waals surface area contributed by atoms with Gasteiger partial charge < -0.3 is 0 Å². The van der Waals surface area contributed by atoms with E-state index in [4.69, 9.17) is 9.98 Å². The molecule has 0 fully saturated rings. The van der Waals surface area contributed by atoms with Gasteiger partial charge in [0.15, 0.2) is 0 Å². The summed E-state index contributed by atoms with van der Waals surface area (Å²) in [6.07, 6.45) is 106. The largest absolute Gasteiger partial charge is 2.00 e. The Morgan fingerprint density at radius 1 is 0.268 bits per heavy atom. The number of hydrogen-bond acceptors (Lipinski definition) is 2. The van der Waals surface area contributed by atoms with Crippen molar-refractivity contribution < 1.29 is 20.4 Å². The van der Waals surface area contributed by atoms with Gasteiger partial charge in [-0.3, -0.25) is 4.99 Å². The Labute approximate surface area is 619 Å². The van der Waals surface area contributed by atoms with E-state index in [-0.39, 0.29) is 20.4 Å². The molecule has 0 saturated heterocycles. The number of benzene rings is 2. The molecule has 97 heavy (non-hydrogen) atoms. The molecule has 0 N–H and O–H groups in total.